The third-order valence-electron chi connectivity index (χ3n) is 24.1. The van der Waals surface area contributed by atoms with Crippen LogP contribution in [0.15, 0.2) is 78.4 Å². The van der Waals surface area contributed by atoms with Gasteiger partial charge in [0.1, 0.15) is 22.1 Å². The molecule has 6 atom stereocenters. The summed E-state index contributed by atoms with van der Waals surface area (Å²) in [6.45, 7) is 23.2. The van der Waals surface area contributed by atoms with E-state index in [1.807, 2.05) is 12.1 Å². The van der Waals surface area contributed by atoms with Crippen LogP contribution in [0.1, 0.15) is 286 Å². The molecular weight excluding hydrogens is 1450 g/mol. The standard InChI is InChI=1S/C88H108F4N4S8/c1-11-21-27-29-35-57-37-39-65(97-57)67-41-43-69(99-67)73-77(89)79(91)75(83-81(73)93-103-95-83)71-47-63-85(101-71)59-45-62-60(46-61(59)87(63,49-53(17-7)31-23-13-3)50-54(18-8)32-24-14-4)86-64(88(62,51-55(19-9)33-25-15-5)52-56(20-10)34-26-16-6)48-72(102-86)76-80(92)78(90)74(82-84(76)96-104-94-82)70-44-42-68(100-70)66-40-38-58(98-66)36-30-28-22-12-2/h37-48,53-56,59,61H,11-36,49-52H2,1-10H3. The molecule has 8 aromatic heterocycles. The van der Waals surface area contributed by atoms with E-state index in [0.29, 0.717) is 60.4 Å². The lowest BCUT2D eigenvalue weighted by Crippen LogP contribution is -2.38. The third-order valence-corrected chi connectivity index (χ3v) is 32.5. The summed E-state index contributed by atoms with van der Waals surface area (Å²) in [5.74, 6) is -1.70. The van der Waals surface area contributed by atoms with Gasteiger partial charge in [-0.05, 0) is 164 Å². The van der Waals surface area contributed by atoms with Gasteiger partial charge in [0.2, 0.25) is 0 Å². The van der Waals surface area contributed by atoms with Gasteiger partial charge in [0.25, 0.3) is 0 Å². The highest BCUT2D eigenvalue weighted by Gasteiger charge is 2.58. The Kier molecular flexibility index (Phi) is 26.1. The molecule has 0 fully saturated rings. The SMILES string of the molecule is CCCCCCc1ccc(-c2ccc(-c3c(F)c(F)c(-c4cc5c(s4)C4=CC6C(C=C4C5(CC(CC)CCCC)CC(CC)CCCC)c4sc(-c5c(F)c(F)c(-c7ccc(-c8ccc(CCCCCC)s8)s7)c7nsnc57)cc4C6(CC(CC)CCCC)CC(CC)CCCC)c4nsnc34)s2)s1. The fourth-order valence-electron chi connectivity index (χ4n) is 18.3. The molecule has 0 saturated carbocycles. The lowest BCUT2D eigenvalue weighted by molar-refractivity contribution is 0.184. The van der Waals surface area contributed by atoms with E-state index >= 15 is 17.6 Å². The van der Waals surface area contributed by atoms with Crippen molar-refractivity contribution in [2.45, 2.75) is 279 Å². The van der Waals surface area contributed by atoms with E-state index in [1.54, 1.807) is 45.3 Å². The second-order valence-corrected chi connectivity index (χ2v) is 38.5. The fraction of sp³-hybridized carbons (Fsp3) is 0.545. The Morgan fingerprint density at radius 2 is 0.750 bits per heavy atom. The van der Waals surface area contributed by atoms with E-state index in [2.05, 4.69) is 130 Å². The van der Waals surface area contributed by atoms with E-state index in [4.69, 9.17) is 17.5 Å². The smallest absolute Gasteiger partial charge is 0.170 e. The number of hydrogen-bond acceptors (Lipinski definition) is 12. The van der Waals surface area contributed by atoms with Crippen LogP contribution in [-0.4, -0.2) is 17.5 Å². The monoisotopic (exact) mass is 1550 g/mol. The summed E-state index contributed by atoms with van der Waals surface area (Å²) in [7, 11) is 0. The molecule has 0 amide bonds. The second kappa shape index (κ2) is 35.0. The van der Waals surface area contributed by atoms with Gasteiger partial charge in [0.05, 0.1) is 45.7 Å². The molecule has 0 N–H and O–H groups in total. The first-order chi connectivity index (χ1) is 50.7. The summed E-state index contributed by atoms with van der Waals surface area (Å²) in [6.07, 6.45) is 38.9. The van der Waals surface area contributed by atoms with Crippen LogP contribution in [0.4, 0.5) is 17.6 Å². The Labute approximate surface area is 650 Å². The largest absolute Gasteiger partial charge is 0.203 e. The van der Waals surface area contributed by atoms with Crippen LogP contribution < -0.4 is 0 Å². The van der Waals surface area contributed by atoms with E-state index < -0.39 is 28.7 Å². The zero-order valence-corrected chi connectivity index (χ0v) is 69.7. The molecule has 10 aromatic rings. The Morgan fingerprint density at radius 1 is 0.375 bits per heavy atom. The van der Waals surface area contributed by atoms with Gasteiger partial charge in [0.15, 0.2) is 23.3 Å². The number of benzene rings is 2. The number of nitrogens with zero attached hydrogens (tertiary/aromatic N) is 4. The van der Waals surface area contributed by atoms with E-state index in [9.17, 15) is 0 Å². The Morgan fingerprint density at radius 3 is 1.17 bits per heavy atom. The molecule has 0 spiro atoms. The number of allylic oxidation sites excluding steroid dienone is 4. The maximum Gasteiger partial charge on any atom is 0.170 e. The maximum absolute atomic E-state index is 18.2. The number of aromatic nitrogens is 4. The zero-order valence-electron chi connectivity index (χ0n) is 63.2. The molecule has 0 bridgehead atoms. The molecule has 16 heteroatoms. The highest BCUT2D eigenvalue weighted by atomic mass is 32.1. The number of fused-ring (bicyclic) bond motifs is 8. The molecule has 0 saturated heterocycles. The molecule has 104 heavy (non-hydrogen) atoms. The zero-order chi connectivity index (χ0) is 72.8. The number of thiophene rings is 6. The summed E-state index contributed by atoms with van der Waals surface area (Å²) in [4.78, 5) is 12.3. The molecule has 0 aliphatic heterocycles. The quantitative estimate of drug-likeness (QED) is 0.0284. The van der Waals surface area contributed by atoms with Crippen molar-refractivity contribution in [3.05, 3.63) is 132 Å². The van der Waals surface area contributed by atoms with Gasteiger partial charge in [0, 0.05) is 75.3 Å². The molecule has 2 aromatic carbocycles. The highest BCUT2D eigenvalue weighted by molar-refractivity contribution is 7.24. The first-order valence-corrected chi connectivity index (χ1v) is 46.5. The van der Waals surface area contributed by atoms with Crippen molar-refractivity contribution >= 4 is 119 Å². The van der Waals surface area contributed by atoms with Gasteiger partial charge < -0.3 is 0 Å². The molecule has 4 nitrogen and oxygen atoms in total. The average molecular weight is 1550 g/mol. The average Bonchev–Trinajstić information content (AvgIpc) is 1.51. The molecule has 3 aliphatic carbocycles. The van der Waals surface area contributed by atoms with Gasteiger partial charge in [-0.25, -0.2) is 17.6 Å². The minimum absolute atomic E-state index is 0.0287. The van der Waals surface area contributed by atoms with E-state index in [0.717, 1.165) is 189 Å². The van der Waals surface area contributed by atoms with Crippen LogP contribution in [0.3, 0.4) is 0 Å². The van der Waals surface area contributed by atoms with Crippen molar-refractivity contribution in [1.82, 2.24) is 17.5 Å². The predicted molar refractivity (Wildman–Crippen MR) is 448 cm³/mol. The number of unbranched alkanes of at least 4 members (excludes halogenated alkanes) is 10. The van der Waals surface area contributed by atoms with Gasteiger partial charge in [-0.1, -0.05) is 223 Å². The topological polar surface area (TPSA) is 51.6 Å². The van der Waals surface area contributed by atoms with Crippen LogP contribution in [0, 0.1) is 52.9 Å². The highest BCUT2D eigenvalue weighted by Crippen LogP contribution is 2.70. The number of rotatable bonds is 40. The van der Waals surface area contributed by atoms with Crippen molar-refractivity contribution in [3.8, 4) is 61.3 Å². The summed E-state index contributed by atoms with van der Waals surface area (Å²) in [5, 5.41) is 0. The van der Waals surface area contributed by atoms with Crippen molar-refractivity contribution in [2.24, 2.45) is 29.6 Å². The van der Waals surface area contributed by atoms with Crippen LogP contribution >= 0.6 is 91.5 Å². The summed E-state index contributed by atoms with van der Waals surface area (Å²) >= 11 is 12.0. The summed E-state index contributed by atoms with van der Waals surface area (Å²) in [6, 6.07) is 21.5. The molecule has 0 radical (unpaired) electrons. The number of aryl methyl sites for hydroxylation is 2. The Hall–Kier alpha value is -4.52. The minimum atomic E-state index is -0.867. The number of hydrogen-bond donors (Lipinski definition) is 0. The lowest BCUT2D eigenvalue weighted by Gasteiger charge is -2.44. The molecule has 3 aliphatic rings. The van der Waals surface area contributed by atoms with Crippen molar-refractivity contribution < 1.29 is 17.6 Å². The van der Waals surface area contributed by atoms with Crippen molar-refractivity contribution in [3.63, 3.8) is 0 Å². The van der Waals surface area contributed by atoms with Gasteiger partial charge in [-0.3, -0.25) is 0 Å². The number of halogens is 4. The Balaban J connectivity index is 0.980. The minimum Gasteiger partial charge on any atom is -0.203 e. The van der Waals surface area contributed by atoms with Crippen molar-refractivity contribution in [2.75, 3.05) is 0 Å². The predicted octanol–water partition coefficient (Wildman–Crippen LogP) is 31.5. The normalized spacial score (nSPS) is 18.9. The van der Waals surface area contributed by atoms with Gasteiger partial charge >= 0.3 is 0 Å². The van der Waals surface area contributed by atoms with Crippen LogP contribution in [-0.2, 0) is 23.7 Å². The van der Waals surface area contributed by atoms with E-state index in [-0.39, 0.29) is 39.5 Å². The molecule has 13 rings (SSSR count). The fourth-order valence-corrected chi connectivity index (χ4v) is 26.5. The lowest BCUT2D eigenvalue weighted by atomic mass is 9.59. The first-order valence-electron chi connectivity index (χ1n) is 40.1. The molecule has 8 heterocycles. The molecule has 6 unspecified atom stereocenters. The van der Waals surface area contributed by atoms with Gasteiger partial charge in [-0.2, -0.15) is 17.5 Å². The van der Waals surface area contributed by atoms with E-state index in [1.165, 1.54) is 116 Å². The first kappa shape index (κ1) is 77.6. The van der Waals surface area contributed by atoms with Crippen molar-refractivity contribution in [1.29, 1.82) is 0 Å². The molecular formula is C88H108F4N4S8. The van der Waals surface area contributed by atoms with Gasteiger partial charge in [-0.15, -0.1) is 68.0 Å². The maximum atomic E-state index is 18.2. The Bertz CT molecular complexity index is 4560. The summed E-state index contributed by atoms with van der Waals surface area (Å²) in [5.41, 5.74) is 6.96. The van der Waals surface area contributed by atoms with Crippen LogP contribution in [0.2, 0.25) is 0 Å². The molecule has 556 valence electrons. The third kappa shape index (κ3) is 15.3. The van der Waals surface area contributed by atoms with Crippen LogP contribution in [0.5, 0.6) is 0 Å². The van der Waals surface area contributed by atoms with Crippen LogP contribution in [0.25, 0.3) is 88.9 Å². The second-order valence-electron chi connectivity index (χ2n) is 30.8. The summed E-state index contributed by atoms with van der Waals surface area (Å²) < 4.78 is 91.7.